The van der Waals surface area contributed by atoms with Gasteiger partial charge in [0, 0.05) is 24.1 Å². The topological polar surface area (TPSA) is 72.5 Å². The Labute approximate surface area is 342 Å². The van der Waals surface area contributed by atoms with Gasteiger partial charge in [0.25, 0.3) is 0 Å². The standard InChI is InChI=1S/C48H43ClF2O7/c1-53-48(39-23-24-40(49)38(27-39)26-37-22-25-41(44(51)43(37)50)54-29-33-14-6-2-7-15-33)47(57-32-36-20-12-5-13-21-36)46(56-31-35-18-10-4-11-19-35)45(42(28-52)58-48)55-30-34-16-8-3-9-17-34/h2-25,27-28,42,45-47H,26,29-32H2,1H3/t42-,45-,46+,47-,48+/m1/s1. The Balaban J connectivity index is 1.25. The lowest BCUT2D eigenvalue weighted by molar-refractivity contribution is -0.373. The minimum Gasteiger partial charge on any atom is -0.486 e. The van der Waals surface area contributed by atoms with E-state index in [4.69, 9.17) is 40.0 Å². The van der Waals surface area contributed by atoms with Gasteiger partial charge in [-0.05, 0) is 51.6 Å². The number of benzene rings is 6. The zero-order valence-electron chi connectivity index (χ0n) is 31.8. The van der Waals surface area contributed by atoms with Crippen LogP contribution < -0.4 is 4.74 Å². The van der Waals surface area contributed by atoms with E-state index in [1.165, 1.54) is 19.2 Å². The fourth-order valence-electron chi connectivity index (χ4n) is 7.09. The number of carbonyl (C=O) groups is 1. The van der Waals surface area contributed by atoms with E-state index in [-0.39, 0.29) is 44.2 Å². The molecule has 0 aliphatic carbocycles. The molecule has 0 unspecified atom stereocenters. The number of hydrogen-bond acceptors (Lipinski definition) is 7. The van der Waals surface area contributed by atoms with Gasteiger partial charge in [-0.25, -0.2) is 4.39 Å². The summed E-state index contributed by atoms with van der Waals surface area (Å²) in [6.45, 7) is 0.535. The van der Waals surface area contributed by atoms with Crippen molar-refractivity contribution in [3.8, 4) is 5.75 Å². The van der Waals surface area contributed by atoms with Gasteiger partial charge in [0.2, 0.25) is 11.6 Å². The van der Waals surface area contributed by atoms with Crippen LogP contribution in [0, 0.1) is 11.6 Å². The van der Waals surface area contributed by atoms with Crippen molar-refractivity contribution in [1.29, 1.82) is 0 Å². The van der Waals surface area contributed by atoms with Crippen molar-refractivity contribution in [1.82, 2.24) is 0 Å². The fourth-order valence-corrected chi connectivity index (χ4v) is 7.27. The highest BCUT2D eigenvalue weighted by Crippen LogP contribution is 2.44. The van der Waals surface area contributed by atoms with Crippen LogP contribution in [0.4, 0.5) is 8.78 Å². The van der Waals surface area contributed by atoms with Gasteiger partial charge < -0.3 is 33.2 Å². The van der Waals surface area contributed by atoms with Crippen molar-refractivity contribution in [3.05, 3.63) is 207 Å². The lowest BCUT2D eigenvalue weighted by atomic mass is 9.86. The molecule has 1 aliphatic rings. The van der Waals surface area contributed by atoms with Crippen LogP contribution in [-0.4, -0.2) is 37.8 Å². The maximum atomic E-state index is 15.7. The third-order valence-corrected chi connectivity index (χ3v) is 10.5. The highest BCUT2D eigenvalue weighted by molar-refractivity contribution is 6.31. The largest absolute Gasteiger partial charge is 0.486 e. The molecule has 1 fully saturated rings. The predicted octanol–water partition coefficient (Wildman–Crippen LogP) is 9.94. The Bertz CT molecular complexity index is 2230. The third kappa shape index (κ3) is 9.54. The first-order valence-electron chi connectivity index (χ1n) is 19.0. The van der Waals surface area contributed by atoms with Gasteiger partial charge in [-0.15, -0.1) is 0 Å². The molecule has 0 spiro atoms. The summed E-state index contributed by atoms with van der Waals surface area (Å²) < 4.78 is 69.7. The summed E-state index contributed by atoms with van der Waals surface area (Å²) in [5.74, 6) is -4.14. The van der Waals surface area contributed by atoms with Crippen LogP contribution in [0.25, 0.3) is 0 Å². The Morgan fingerprint density at radius 1 is 0.621 bits per heavy atom. The number of halogens is 3. The van der Waals surface area contributed by atoms with Crippen LogP contribution in [0.15, 0.2) is 152 Å². The summed E-state index contributed by atoms with van der Waals surface area (Å²) in [6.07, 6.45) is -3.50. The van der Waals surface area contributed by atoms with E-state index in [1.807, 2.05) is 121 Å². The molecule has 5 atom stereocenters. The lowest BCUT2D eigenvalue weighted by Gasteiger charge is -2.51. The highest BCUT2D eigenvalue weighted by Gasteiger charge is 2.58. The van der Waals surface area contributed by atoms with E-state index < -0.39 is 41.8 Å². The molecule has 1 heterocycles. The molecule has 298 valence electrons. The van der Waals surface area contributed by atoms with E-state index in [9.17, 15) is 4.79 Å². The number of carbonyl (C=O) groups excluding carboxylic acids is 1. The summed E-state index contributed by atoms with van der Waals surface area (Å²) >= 11 is 6.76. The Morgan fingerprint density at radius 3 is 1.67 bits per heavy atom. The third-order valence-electron chi connectivity index (χ3n) is 10.1. The van der Waals surface area contributed by atoms with Gasteiger partial charge >= 0.3 is 0 Å². The lowest BCUT2D eigenvalue weighted by Crippen LogP contribution is -2.65. The second-order valence-corrected chi connectivity index (χ2v) is 14.3. The molecule has 7 nitrogen and oxygen atoms in total. The number of aldehydes is 1. The molecular formula is C48H43ClF2O7. The van der Waals surface area contributed by atoms with Crippen LogP contribution in [0.5, 0.6) is 5.75 Å². The molecule has 0 saturated carbocycles. The van der Waals surface area contributed by atoms with Gasteiger partial charge in [-0.3, -0.25) is 0 Å². The molecule has 7 rings (SSSR count). The second kappa shape index (κ2) is 19.5. The minimum atomic E-state index is -1.77. The van der Waals surface area contributed by atoms with Crippen LogP contribution in [0.1, 0.15) is 38.9 Å². The van der Waals surface area contributed by atoms with E-state index in [2.05, 4.69) is 0 Å². The fraction of sp³-hybridized carbons (Fsp3) is 0.229. The summed E-state index contributed by atoms with van der Waals surface area (Å²) in [5.41, 5.74) is 4.39. The number of hydrogen-bond donors (Lipinski definition) is 0. The van der Waals surface area contributed by atoms with Crippen molar-refractivity contribution in [2.24, 2.45) is 0 Å². The maximum Gasteiger partial charge on any atom is 0.225 e. The number of rotatable bonds is 17. The van der Waals surface area contributed by atoms with Crippen molar-refractivity contribution < 1.29 is 42.0 Å². The van der Waals surface area contributed by atoms with E-state index in [1.54, 1.807) is 18.2 Å². The van der Waals surface area contributed by atoms with Crippen molar-refractivity contribution in [2.75, 3.05) is 7.11 Å². The number of ether oxygens (including phenoxy) is 6. The molecule has 6 aromatic carbocycles. The Morgan fingerprint density at radius 2 is 1.14 bits per heavy atom. The zero-order chi connectivity index (χ0) is 40.3. The molecule has 0 amide bonds. The SMILES string of the molecule is CO[C@@]1(c2ccc(Cl)c(Cc3ccc(OCc4ccccc4)c(F)c3F)c2)O[C@H](C=O)[C@@H](OCc2ccccc2)[C@H](OCc2ccccc2)[C@H]1OCc1ccccc1. The Kier molecular flexibility index (Phi) is 13.7. The van der Waals surface area contributed by atoms with Crippen molar-refractivity contribution in [3.63, 3.8) is 0 Å². The molecule has 0 radical (unpaired) electrons. The monoisotopic (exact) mass is 804 g/mol. The maximum absolute atomic E-state index is 15.7. The molecular weight excluding hydrogens is 762 g/mol. The summed E-state index contributed by atoms with van der Waals surface area (Å²) in [6, 6.07) is 45.9. The van der Waals surface area contributed by atoms with E-state index in [0.717, 1.165) is 22.3 Å². The van der Waals surface area contributed by atoms with Gasteiger partial charge in [-0.1, -0.05) is 145 Å². The average Bonchev–Trinajstić information content (AvgIpc) is 3.27. The quantitative estimate of drug-likeness (QED) is 0.0851. The molecule has 0 aromatic heterocycles. The van der Waals surface area contributed by atoms with Crippen LogP contribution >= 0.6 is 11.6 Å². The van der Waals surface area contributed by atoms with Gasteiger partial charge in [-0.2, -0.15) is 4.39 Å². The average molecular weight is 805 g/mol. The zero-order valence-corrected chi connectivity index (χ0v) is 32.6. The van der Waals surface area contributed by atoms with Crippen LogP contribution in [-0.2, 0) is 67.1 Å². The first kappa shape index (κ1) is 40.9. The van der Waals surface area contributed by atoms with Gasteiger partial charge in [0.15, 0.2) is 17.9 Å². The normalized spacial score (nSPS) is 20.4. The molecule has 6 aromatic rings. The second-order valence-electron chi connectivity index (χ2n) is 13.9. The minimum absolute atomic E-state index is 0.0562. The molecule has 1 aliphatic heterocycles. The summed E-state index contributed by atoms with van der Waals surface area (Å²) in [4.78, 5) is 13.0. The Hall–Kier alpha value is -5.26. The molecule has 0 N–H and O–H groups in total. The first-order chi connectivity index (χ1) is 28.4. The van der Waals surface area contributed by atoms with Gasteiger partial charge in [0.05, 0.1) is 19.8 Å². The molecule has 10 heteroatoms. The molecule has 58 heavy (non-hydrogen) atoms. The first-order valence-corrected chi connectivity index (χ1v) is 19.3. The van der Waals surface area contributed by atoms with Crippen LogP contribution in [0.2, 0.25) is 5.02 Å². The van der Waals surface area contributed by atoms with Gasteiger partial charge in [0.1, 0.15) is 31.0 Å². The van der Waals surface area contributed by atoms with Crippen molar-refractivity contribution >= 4 is 17.9 Å². The highest BCUT2D eigenvalue weighted by atomic mass is 35.5. The smallest absolute Gasteiger partial charge is 0.225 e. The number of methoxy groups -OCH3 is 1. The molecule has 0 bridgehead atoms. The van der Waals surface area contributed by atoms with Crippen LogP contribution in [0.3, 0.4) is 0 Å². The molecule has 1 saturated heterocycles. The van der Waals surface area contributed by atoms with E-state index in [0.29, 0.717) is 22.4 Å². The predicted molar refractivity (Wildman–Crippen MR) is 216 cm³/mol. The van der Waals surface area contributed by atoms with Crippen molar-refractivity contribution in [2.45, 2.75) is 63.1 Å². The summed E-state index contributed by atoms with van der Waals surface area (Å²) in [7, 11) is 1.46. The van der Waals surface area contributed by atoms with E-state index >= 15 is 8.78 Å². The summed E-state index contributed by atoms with van der Waals surface area (Å²) in [5, 5.41) is 0.296.